The van der Waals surface area contributed by atoms with Crippen molar-refractivity contribution in [3.63, 3.8) is 0 Å². The fourth-order valence-electron chi connectivity index (χ4n) is 3.87. The minimum atomic E-state index is -1.26. The first kappa shape index (κ1) is 20.6. The molecule has 3 rings (SSSR count). The molecule has 1 atom stereocenters. The van der Waals surface area contributed by atoms with Gasteiger partial charge in [-0.25, -0.2) is 4.79 Å². The third-order valence-electron chi connectivity index (χ3n) is 5.79. The number of hydrogen-bond donors (Lipinski definition) is 2. The predicted octanol–water partition coefficient (Wildman–Crippen LogP) is 0.495. The summed E-state index contributed by atoms with van der Waals surface area (Å²) in [5.74, 6) is -0.728. The second-order valence-electron chi connectivity index (χ2n) is 7.69. The number of carbonyl (C=O) groups excluding carboxylic acids is 4. The van der Waals surface area contributed by atoms with Crippen LogP contribution >= 0.6 is 0 Å². The van der Waals surface area contributed by atoms with Crippen molar-refractivity contribution in [2.75, 3.05) is 26.7 Å². The number of imide groups is 1. The Morgan fingerprint density at radius 1 is 1.28 bits per heavy atom. The smallest absolute Gasteiger partial charge is 0.325 e. The van der Waals surface area contributed by atoms with Gasteiger partial charge in [-0.1, -0.05) is 6.07 Å². The number of nitrogens with zero attached hydrogens (tertiary/aromatic N) is 2. The lowest BCUT2D eigenvalue weighted by molar-refractivity contribution is -0.140. The Hall–Kier alpha value is -3.10. The zero-order chi connectivity index (χ0) is 21.3. The number of nitrogens with one attached hydrogen (secondary N) is 1. The van der Waals surface area contributed by atoms with Gasteiger partial charge in [-0.3, -0.25) is 19.3 Å². The van der Waals surface area contributed by atoms with E-state index in [0.29, 0.717) is 37.2 Å². The Bertz CT molecular complexity index is 862. The van der Waals surface area contributed by atoms with E-state index >= 15 is 0 Å². The van der Waals surface area contributed by atoms with E-state index in [1.807, 2.05) is 6.92 Å². The Morgan fingerprint density at radius 3 is 2.48 bits per heavy atom. The fourth-order valence-corrected chi connectivity index (χ4v) is 3.87. The highest BCUT2D eigenvalue weighted by atomic mass is 16.5. The summed E-state index contributed by atoms with van der Waals surface area (Å²) in [5, 5.41) is 2.71. The average molecular weight is 402 g/mol. The highest BCUT2D eigenvalue weighted by Gasteiger charge is 2.50. The van der Waals surface area contributed by atoms with E-state index in [9.17, 15) is 19.2 Å². The van der Waals surface area contributed by atoms with Crippen molar-refractivity contribution < 1.29 is 23.9 Å². The van der Waals surface area contributed by atoms with Gasteiger partial charge >= 0.3 is 6.03 Å². The highest BCUT2D eigenvalue weighted by molar-refractivity contribution is 6.09. The second-order valence-corrected chi connectivity index (χ2v) is 7.69. The standard InChI is InChI=1S/C20H26N4O5/c1-12-10-14(4-5-15(12)29-3)20(2)18(27)24(19(28)22-20)11-16(25)23-8-6-13(7-9-23)17(21)26/h4-5,10,13H,6-9,11H2,1-3H3,(H2,21,26)(H,22,28). The number of carbonyl (C=O) groups is 4. The van der Waals surface area contributed by atoms with Crippen LogP contribution in [0.2, 0.25) is 0 Å². The first-order valence-corrected chi connectivity index (χ1v) is 9.53. The van der Waals surface area contributed by atoms with Crippen molar-refractivity contribution in [2.45, 2.75) is 32.2 Å². The average Bonchev–Trinajstić information content (AvgIpc) is 2.92. The number of amides is 5. The van der Waals surface area contributed by atoms with Crippen molar-refractivity contribution in [2.24, 2.45) is 11.7 Å². The maximum absolute atomic E-state index is 13.0. The molecule has 5 amide bonds. The van der Waals surface area contributed by atoms with E-state index < -0.39 is 17.5 Å². The third-order valence-corrected chi connectivity index (χ3v) is 5.79. The van der Waals surface area contributed by atoms with Crippen LogP contribution < -0.4 is 15.8 Å². The summed E-state index contributed by atoms with van der Waals surface area (Å²) in [4.78, 5) is 51.9. The molecular formula is C20H26N4O5. The van der Waals surface area contributed by atoms with Gasteiger partial charge in [0.2, 0.25) is 11.8 Å². The summed E-state index contributed by atoms with van der Waals surface area (Å²) < 4.78 is 5.24. The predicted molar refractivity (Wildman–Crippen MR) is 104 cm³/mol. The maximum atomic E-state index is 13.0. The van der Waals surface area contributed by atoms with Gasteiger partial charge in [-0.05, 0) is 49.9 Å². The molecule has 2 saturated heterocycles. The molecule has 1 aromatic rings. The Labute approximate surface area is 169 Å². The molecule has 2 aliphatic heterocycles. The summed E-state index contributed by atoms with van der Waals surface area (Å²) in [7, 11) is 1.56. The summed E-state index contributed by atoms with van der Waals surface area (Å²) in [6.07, 6.45) is 0.980. The van der Waals surface area contributed by atoms with Crippen molar-refractivity contribution in [1.29, 1.82) is 0 Å². The van der Waals surface area contributed by atoms with Crippen LogP contribution in [0, 0.1) is 12.8 Å². The summed E-state index contributed by atoms with van der Waals surface area (Å²) in [5.41, 5.74) is 5.51. The number of primary amides is 1. The normalized spacial score (nSPS) is 22.6. The zero-order valence-corrected chi connectivity index (χ0v) is 16.9. The number of aryl methyl sites for hydroxylation is 1. The minimum Gasteiger partial charge on any atom is -0.496 e. The van der Waals surface area contributed by atoms with Crippen molar-refractivity contribution >= 4 is 23.8 Å². The number of piperidine rings is 1. The van der Waals surface area contributed by atoms with Gasteiger partial charge in [0, 0.05) is 19.0 Å². The summed E-state index contributed by atoms with van der Waals surface area (Å²) in [6.45, 7) is 3.90. The lowest BCUT2D eigenvalue weighted by Gasteiger charge is -2.31. The van der Waals surface area contributed by atoms with Crippen LogP contribution in [-0.4, -0.2) is 60.3 Å². The molecule has 0 aromatic heterocycles. The quantitative estimate of drug-likeness (QED) is 0.695. The molecule has 3 N–H and O–H groups in total. The van der Waals surface area contributed by atoms with Gasteiger partial charge in [0.1, 0.15) is 17.8 Å². The highest BCUT2D eigenvalue weighted by Crippen LogP contribution is 2.32. The van der Waals surface area contributed by atoms with Crippen LogP contribution in [0.3, 0.4) is 0 Å². The van der Waals surface area contributed by atoms with Gasteiger partial charge in [0.05, 0.1) is 7.11 Å². The second kappa shape index (κ2) is 7.73. The molecule has 29 heavy (non-hydrogen) atoms. The van der Waals surface area contributed by atoms with Crippen LogP contribution in [0.15, 0.2) is 18.2 Å². The molecule has 2 aliphatic rings. The van der Waals surface area contributed by atoms with E-state index in [1.165, 1.54) is 0 Å². The zero-order valence-electron chi connectivity index (χ0n) is 16.9. The third kappa shape index (κ3) is 3.76. The molecule has 1 aromatic carbocycles. The van der Waals surface area contributed by atoms with Crippen molar-refractivity contribution in [1.82, 2.24) is 15.1 Å². The number of rotatable bonds is 5. The van der Waals surface area contributed by atoms with Gasteiger partial charge in [-0.2, -0.15) is 0 Å². The number of benzene rings is 1. The van der Waals surface area contributed by atoms with E-state index in [2.05, 4.69) is 5.32 Å². The van der Waals surface area contributed by atoms with Crippen LogP contribution in [0.25, 0.3) is 0 Å². The minimum absolute atomic E-state index is 0.239. The van der Waals surface area contributed by atoms with Crippen LogP contribution in [0.5, 0.6) is 5.75 Å². The number of methoxy groups -OCH3 is 1. The molecule has 1 unspecified atom stereocenters. The van der Waals surface area contributed by atoms with Gasteiger partial charge < -0.3 is 20.7 Å². The number of hydrogen-bond acceptors (Lipinski definition) is 5. The first-order chi connectivity index (χ1) is 13.7. The molecule has 156 valence electrons. The van der Waals surface area contributed by atoms with Crippen molar-refractivity contribution in [3.05, 3.63) is 29.3 Å². The Morgan fingerprint density at radius 2 is 1.93 bits per heavy atom. The van der Waals surface area contributed by atoms with Gasteiger partial charge in [0.25, 0.3) is 5.91 Å². The molecule has 2 fully saturated rings. The van der Waals surface area contributed by atoms with Gasteiger partial charge in [-0.15, -0.1) is 0 Å². The van der Waals surface area contributed by atoms with Crippen molar-refractivity contribution in [3.8, 4) is 5.75 Å². The molecular weight excluding hydrogens is 376 g/mol. The molecule has 9 heteroatoms. The Kier molecular flexibility index (Phi) is 5.50. The lowest BCUT2D eigenvalue weighted by atomic mass is 9.90. The van der Waals surface area contributed by atoms with E-state index in [4.69, 9.17) is 10.5 Å². The van der Waals surface area contributed by atoms with Crippen LogP contribution in [0.4, 0.5) is 4.79 Å². The van der Waals surface area contributed by atoms with Crippen LogP contribution in [0.1, 0.15) is 30.9 Å². The molecule has 0 aliphatic carbocycles. The molecule has 0 radical (unpaired) electrons. The van der Waals surface area contributed by atoms with Crippen LogP contribution in [-0.2, 0) is 19.9 Å². The summed E-state index contributed by atoms with van der Waals surface area (Å²) >= 11 is 0. The SMILES string of the molecule is COc1ccc(C2(C)NC(=O)N(CC(=O)N3CCC(C(N)=O)CC3)C2=O)cc1C. The molecule has 0 saturated carbocycles. The van der Waals surface area contributed by atoms with Gasteiger partial charge in [0.15, 0.2) is 0 Å². The van der Waals surface area contributed by atoms with E-state index in [-0.39, 0.29) is 24.3 Å². The topological polar surface area (TPSA) is 122 Å². The number of urea groups is 1. The molecule has 9 nitrogen and oxygen atoms in total. The summed E-state index contributed by atoms with van der Waals surface area (Å²) in [6, 6.07) is 4.65. The van der Waals surface area contributed by atoms with E-state index in [0.717, 1.165) is 10.5 Å². The molecule has 2 heterocycles. The lowest BCUT2D eigenvalue weighted by Crippen LogP contribution is -2.47. The number of likely N-dealkylation sites (tertiary alicyclic amines) is 1. The maximum Gasteiger partial charge on any atom is 0.325 e. The number of nitrogens with two attached hydrogens (primary N) is 1. The largest absolute Gasteiger partial charge is 0.496 e. The first-order valence-electron chi connectivity index (χ1n) is 9.53. The molecule has 0 spiro atoms. The Balaban J connectivity index is 1.71. The monoisotopic (exact) mass is 402 g/mol. The van der Waals surface area contributed by atoms with E-state index in [1.54, 1.807) is 37.1 Å². The molecule has 0 bridgehead atoms. The fraction of sp³-hybridized carbons (Fsp3) is 0.500. The number of ether oxygens (including phenoxy) is 1.